The Morgan fingerprint density at radius 3 is 2.78 bits per heavy atom. The lowest BCUT2D eigenvalue weighted by Crippen LogP contribution is -2.42. The zero-order valence-corrected chi connectivity index (χ0v) is 14.4. The van der Waals surface area contributed by atoms with Gasteiger partial charge in [-0.15, -0.1) is 0 Å². The van der Waals surface area contributed by atoms with E-state index < -0.39 is 54.4 Å². The van der Waals surface area contributed by atoms with Crippen molar-refractivity contribution in [2.75, 3.05) is 18.5 Å². The number of halogens is 3. The largest absolute Gasteiger partial charge is 0.449 e. The maximum atomic E-state index is 14.1. The number of unbranched alkanes of at least 4 members (excludes halogenated alkanes) is 2. The lowest BCUT2D eigenvalue weighted by Gasteiger charge is -2.21. The molecule has 152 valence electrons. The zero-order chi connectivity index (χ0) is 20.2. The van der Waals surface area contributed by atoms with Gasteiger partial charge in [-0.1, -0.05) is 19.8 Å². The van der Waals surface area contributed by atoms with E-state index in [1.807, 2.05) is 12.2 Å². The SMILES string of the molecule is CCCCCOC(=O)Nc1nc(=O)n([C@@H]2O[C@H](CO)[C@H](O)C2(F)F)cc1F. The van der Waals surface area contributed by atoms with E-state index in [2.05, 4.69) is 4.98 Å². The molecule has 12 heteroatoms. The molecule has 1 aromatic heterocycles. The minimum Gasteiger partial charge on any atom is -0.449 e. The Bertz CT molecular complexity index is 729. The number of hydrogen-bond donors (Lipinski definition) is 3. The van der Waals surface area contributed by atoms with Gasteiger partial charge in [0.2, 0.25) is 6.23 Å². The molecule has 0 aromatic carbocycles. The van der Waals surface area contributed by atoms with Crippen molar-refractivity contribution >= 4 is 11.9 Å². The van der Waals surface area contributed by atoms with Gasteiger partial charge in [-0.2, -0.15) is 13.8 Å². The minimum atomic E-state index is -3.97. The standard InChI is InChI=1S/C15H20F3N3O6/c1-2-3-4-5-26-14(25)20-11-8(16)6-21(13(24)19-11)12-15(17,18)10(23)9(7-22)27-12/h6,9-10,12,22-23H,2-5,7H2,1H3,(H,19,20,24,25)/t9-,10+,12-/m1/s1. The summed E-state index contributed by atoms with van der Waals surface area (Å²) >= 11 is 0. The number of alkyl halides is 2. The van der Waals surface area contributed by atoms with Gasteiger partial charge in [0.1, 0.15) is 6.10 Å². The molecule has 0 radical (unpaired) electrons. The number of carbonyl (C=O) groups excluding carboxylic acids is 1. The Morgan fingerprint density at radius 1 is 1.48 bits per heavy atom. The fraction of sp³-hybridized carbons (Fsp3) is 0.667. The van der Waals surface area contributed by atoms with E-state index in [0.29, 0.717) is 12.6 Å². The van der Waals surface area contributed by atoms with E-state index in [4.69, 9.17) is 14.6 Å². The number of carbonyl (C=O) groups is 1. The van der Waals surface area contributed by atoms with Crippen molar-refractivity contribution in [3.05, 3.63) is 22.5 Å². The summed E-state index contributed by atoms with van der Waals surface area (Å²) in [7, 11) is 0. The van der Waals surface area contributed by atoms with Crippen LogP contribution in [-0.2, 0) is 9.47 Å². The Morgan fingerprint density at radius 2 is 2.19 bits per heavy atom. The fourth-order valence-electron chi connectivity index (χ4n) is 2.47. The predicted octanol–water partition coefficient (Wildman–Crippen LogP) is 1.01. The van der Waals surface area contributed by atoms with Crippen molar-refractivity contribution in [2.45, 2.75) is 50.5 Å². The quantitative estimate of drug-likeness (QED) is 0.589. The summed E-state index contributed by atoms with van der Waals surface area (Å²) in [6, 6.07) is 0. The molecule has 1 fully saturated rings. The van der Waals surface area contributed by atoms with Crippen molar-refractivity contribution in [2.24, 2.45) is 0 Å². The molecular formula is C15H20F3N3O6. The Labute approximate surface area is 151 Å². The number of aromatic nitrogens is 2. The molecule has 2 rings (SSSR count). The van der Waals surface area contributed by atoms with Gasteiger partial charge in [0.15, 0.2) is 17.7 Å². The van der Waals surface area contributed by atoms with Crippen molar-refractivity contribution in [3.8, 4) is 0 Å². The van der Waals surface area contributed by atoms with Crippen molar-refractivity contribution in [1.82, 2.24) is 9.55 Å². The Kier molecular flexibility index (Phi) is 6.78. The molecule has 1 saturated heterocycles. The second kappa shape index (κ2) is 8.67. The van der Waals surface area contributed by atoms with Crippen LogP contribution >= 0.6 is 0 Å². The van der Waals surface area contributed by atoms with Crippen LogP contribution in [0.2, 0.25) is 0 Å². The van der Waals surface area contributed by atoms with Gasteiger partial charge in [0, 0.05) is 0 Å². The summed E-state index contributed by atoms with van der Waals surface area (Å²) in [4.78, 5) is 26.7. The van der Waals surface area contributed by atoms with Crippen LogP contribution in [0.5, 0.6) is 0 Å². The van der Waals surface area contributed by atoms with Gasteiger partial charge in [0.05, 0.1) is 19.4 Å². The number of nitrogens with zero attached hydrogens (tertiary/aromatic N) is 2. The topological polar surface area (TPSA) is 123 Å². The number of anilines is 1. The monoisotopic (exact) mass is 395 g/mol. The number of aliphatic hydroxyl groups is 2. The number of hydrogen-bond acceptors (Lipinski definition) is 7. The molecule has 0 saturated carbocycles. The average molecular weight is 395 g/mol. The molecule has 2 heterocycles. The molecule has 1 aromatic rings. The number of rotatable bonds is 7. The summed E-state index contributed by atoms with van der Waals surface area (Å²) in [5.74, 6) is -6.06. The van der Waals surface area contributed by atoms with Gasteiger partial charge >= 0.3 is 17.7 Å². The fourth-order valence-corrected chi connectivity index (χ4v) is 2.47. The molecule has 9 nitrogen and oxygen atoms in total. The molecule has 1 amide bonds. The third-order valence-electron chi connectivity index (χ3n) is 3.92. The van der Waals surface area contributed by atoms with Gasteiger partial charge in [-0.25, -0.2) is 14.0 Å². The van der Waals surface area contributed by atoms with Gasteiger partial charge in [0.25, 0.3) is 0 Å². The molecule has 3 N–H and O–H groups in total. The van der Waals surface area contributed by atoms with Crippen molar-refractivity contribution in [1.29, 1.82) is 0 Å². The first-order chi connectivity index (χ1) is 12.7. The van der Waals surface area contributed by atoms with Crippen LogP contribution < -0.4 is 11.0 Å². The smallest absolute Gasteiger partial charge is 0.412 e. The first-order valence-corrected chi connectivity index (χ1v) is 8.27. The first kappa shape index (κ1) is 21.1. The van der Waals surface area contributed by atoms with Crippen LogP contribution in [-0.4, -0.2) is 57.2 Å². The molecule has 0 aliphatic carbocycles. The molecule has 0 bridgehead atoms. The first-order valence-electron chi connectivity index (χ1n) is 8.27. The third-order valence-corrected chi connectivity index (χ3v) is 3.92. The number of ether oxygens (including phenoxy) is 2. The molecule has 0 spiro atoms. The zero-order valence-electron chi connectivity index (χ0n) is 14.4. The minimum absolute atomic E-state index is 0.0843. The van der Waals surface area contributed by atoms with E-state index in [1.165, 1.54) is 0 Å². The summed E-state index contributed by atoms with van der Waals surface area (Å²) in [6.07, 6.45) is -4.77. The van der Waals surface area contributed by atoms with E-state index in [1.54, 1.807) is 0 Å². The molecule has 3 atom stereocenters. The second-order valence-corrected chi connectivity index (χ2v) is 5.92. The summed E-state index contributed by atoms with van der Waals surface area (Å²) in [5.41, 5.74) is -1.35. The number of aliphatic hydroxyl groups excluding tert-OH is 2. The van der Waals surface area contributed by atoms with Gasteiger partial charge < -0.3 is 19.7 Å². The predicted molar refractivity (Wildman–Crippen MR) is 84.9 cm³/mol. The highest BCUT2D eigenvalue weighted by molar-refractivity contribution is 5.83. The van der Waals surface area contributed by atoms with Crippen LogP contribution in [0.25, 0.3) is 0 Å². The average Bonchev–Trinajstić information content (AvgIpc) is 2.84. The highest BCUT2D eigenvalue weighted by atomic mass is 19.3. The highest BCUT2D eigenvalue weighted by Crippen LogP contribution is 2.42. The van der Waals surface area contributed by atoms with Crippen LogP contribution in [0.4, 0.5) is 23.8 Å². The van der Waals surface area contributed by atoms with Crippen molar-refractivity contribution in [3.63, 3.8) is 0 Å². The lowest BCUT2D eigenvalue weighted by molar-refractivity contribution is -0.141. The van der Waals surface area contributed by atoms with Crippen LogP contribution in [0.1, 0.15) is 32.4 Å². The Hall–Kier alpha value is -2.18. The highest BCUT2D eigenvalue weighted by Gasteiger charge is 2.59. The molecule has 0 unspecified atom stereocenters. The Balaban J connectivity index is 2.15. The molecular weight excluding hydrogens is 375 g/mol. The molecule has 27 heavy (non-hydrogen) atoms. The third kappa shape index (κ3) is 4.57. The summed E-state index contributed by atoms with van der Waals surface area (Å²) in [6.45, 7) is 1.11. The number of nitrogens with one attached hydrogen (secondary N) is 1. The molecule has 1 aliphatic heterocycles. The van der Waals surface area contributed by atoms with E-state index >= 15 is 0 Å². The second-order valence-electron chi connectivity index (χ2n) is 5.92. The van der Waals surface area contributed by atoms with Crippen LogP contribution in [0.15, 0.2) is 11.0 Å². The van der Waals surface area contributed by atoms with Crippen LogP contribution in [0, 0.1) is 5.82 Å². The number of amides is 1. The maximum absolute atomic E-state index is 14.1. The van der Waals surface area contributed by atoms with Gasteiger partial charge in [-0.05, 0) is 6.42 Å². The summed E-state index contributed by atoms with van der Waals surface area (Å²) < 4.78 is 51.9. The van der Waals surface area contributed by atoms with E-state index in [9.17, 15) is 27.9 Å². The van der Waals surface area contributed by atoms with Gasteiger partial charge in [-0.3, -0.25) is 9.88 Å². The van der Waals surface area contributed by atoms with Crippen molar-refractivity contribution < 1.29 is 37.7 Å². The normalized spacial score (nSPS) is 24.0. The van der Waals surface area contributed by atoms with E-state index in [-0.39, 0.29) is 11.2 Å². The van der Waals surface area contributed by atoms with Crippen LogP contribution in [0.3, 0.4) is 0 Å². The maximum Gasteiger partial charge on any atom is 0.412 e. The molecule has 1 aliphatic rings. The summed E-state index contributed by atoms with van der Waals surface area (Å²) in [5, 5.41) is 20.3. The lowest BCUT2D eigenvalue weighted by atomic mass is 10.1. The van der Waals surface area contributed by atoms with E-state index in [0.717, 1.165) is 12.8 Å².